The number of methoxy groups -OCH3 is 1. The molecular weight excluding hydrogens is 320 g/mol. The molecule has 1 aromatic heterocycles. The summed E-state index contributed by atoms with van der Waals surface area (Å²) in [5.41, 5.74) is 1.22. The van der Waals surface area contributed by atoms with E-state index in [0.717, 1.165) is 10.0 Å². The van der Waals surface area contributed by atoms with E-state index in [1.807, 2.05) is 30.3 Å². The van der Waals surface area contributed by atoms with Crippen LogP contribution in [0.5, 0.6) is 5.75 Å². The number of hydrogen-bond donors (Lipinski definition) is 0. The summed E-state index contributed by atoms with van der Waals surface area (Å²) in [4.78, 5) is 12.2. The molecule has 0 aliphatic rings. The van der Waals surface area contributed by atoms with Crippen molar-refractivity contribution in [1.82, 2.24) is 0 Å². The summed E-state index contributed by atoms with van der Waals surface area (Å²) >= 11 is 3.40. The SMILES string of the molecule is COc1c(Br)ccc2c(=O)cc(-c3ccccc3)oc12. The molecule has 0 N–H and O–H groups in total. The van der Waals surface area contributed by atoms with Crippen molar-refractivity contribution in [3.63, 3.8) is 0 Å². The van der Waals surface area contributed by atoms with Gasteiger partial charge in [-0.2, -0.15) is 0 Å². The molecule has 0 amide bonds. The predicted molar refractivity (Wildman–Crippen MR) is 82.2 cm³/mol. The van der Waals surface area contributed by atoms with Gasteiger partial charge in [-0.1, -0.05) is 30.3 Å². The molecule has 20 heavy (non-hydrogen) atoms. The van der Waals surface area contributed by atoms with Crippen molar-refractivity contribution in [2.45, 2.75) is 0 Å². The number of benzene rings is 2. The van der Waals surface area contributed by atoms with Gasteiger partial charge in [-0.15, -0.1) is 0 Å². The first-order chi connectivity index (χ1) is 9.70. The first-order valence-electron chi connectivity index (χ1n) is 6.06. The number of rotatable bonds is 2. The first kappa shape index (κ1) is 12.9. The molecule has 0 atom stereocenters. The summed E-state index contributed by atoms with van der Waals surface area (Å²) < 4.78 is 12.0. The predicted octanol–water partition coefficient (Wildman–Crippen LogP) is 4.23. The Hall–Kier alpha value is -2.07. The standard InChI is InChI=1S/C16H11BrO3/c1-19-16-12(17)8-7-11-13(18)9-14(20-15(11)16)10-5-3-2-4-6-10/h2-9H,1H3. The highest BCUT2D eigenvalue weighted by molar-refractivity contribution is 9.10. The molecule has 0 aliphatic carbocycles. The topological polar surface area (TPSA) is 39.4 Å². The minimum atomic E-state index is -0.0871. The van der Waals surface area contributed by atoms with Crippen molar-refractivity contribution in [2.24, 2.45) is 0 Å². The maximum Gasteiger partial charge on any atom is 0.193 e. The average Bonchev–Trinajstić information content (AvgIpc) is 2.48. The molecular formula is C16H11BrO3. The van der Waals surface area contributed by atoms with E-state index in [1.165, 1.54) is 6.07 Å². The van der Waals surface area contributed by atoms with Gasteiger partial charge in [0, 0.05) is 11.6 Å². The second kappa shape index (κ2) is 5.13. The van der Waals surface area contributed by atoms with Gasteiger partial charge in [0.25, 0.3) is 0 Å². The maximum absolute atomic E-state index is 12.2. The van der Waals surface area contributed by atoms with Crippen LogP contribution in [-0.4, -0.2) is 7.11 Å². The largest absolute Gasteiger partial charge is 0.492 e. The molecule has 0 unspecified atom stereocenters. The molecule has 0 saturated carbocycles. The lowest BCUT2D eigenvalue weighted by atomic mass is 10.1. The molecule has 0 aliphatic heterocycles. The Kier molecular flexibility index (Phi) is 3.32. The molecule has 0 radical (unpaired) electrons. The third-order valence-electron chi connectivity index (χ3n) is 3.07. The van der Waals surface area contributed by atoms with E-state index in [0.29, 0.717) is 22.5 Å². The Labute approximate surface area is 123 Å². The minimum Gasteiger partial charge on any atom is -0.492 e. The fraction of sp³-hybridized carbons (Fsp3) is 0.0625. The number of halogens is 1. The molecule has 1 heterocycles. The van der Waals surface area contributed by atoms with Gasteiger partial charge in [-0.3, -0.25) is 4.79 Å². The zero-order valence-electron chi connectivity index (χ0n) is 10.7. The molecule has 3 aromatic rings. The maximum atomic E-state index is 12.2. The fourth-order valence-corrected chi connectivity index (χ4v) is 2.58. The van der Waals surface area contributed by atoms with Crippen LogP contribution in [0.1, 0.15) is 0 Å². The molecule has 4 heteroatoms. The summed E-state index contributed by atoms with van der Waals surface area (Å²) in [6.07, 6.45) is 0. The van der Waals surface area contributed by atoms with Gasteiger partial charge in [-0.25, -0.2) is 0 Å². The highest BCUT2D eigenvalue weighted by Gasteiger charge is 2.13. The van der Waals surface area contributed by atoms with Crippen molar-refractivity contribution in [3.8, 4) is 17.1 Å². The Morgan fingerprint density at radius 1 is 1.10 bits per heavy atom. The van der Waals surface area contributed by atoms with E-state index >= 15 is 0 Å². The van der Waals surface area contributed by atoms with Gasteiger partial charge < -0.3 is 9.15 Å². The van der Waals surface area contributed by atoms with Crippen LogP contribution in [0.3, 0.4) is 0 Å². The Morgan fingerprint density at radius 3 is 2.55 bits per heavy atom. The van der Waals surface area contributed by atoms with Crippen molar-refractivity contribution in [1.29, 1.82) is 0 Å². The van der Waals surface area contributed by atoms with E-state index in [9.17, 15) is 4.79 Å². The van der Waals surface area contributed by atoms with E-state index in [1.54, 1.807) is 19.2 Å². The quantitative estimate of drug-likeness (QED) is 0.705. The van der Waals surface area contributed by atoms with Crippen molar-refractivity contribution >= 4 is 26.9 Å². The summed E-state index contributed by atoms with van der Waals surface area (Å²) in [5.74, 6) is 1.05. The fourth-order valence-electron chi connectivity index (χ4n) is 2.11. The second-order valence-electron chi connectivity index (χ2n) is 4.30. The van der Waals surface area contributed by atoms with Crippen LogP contribution < -0.4 is 10.2 Å². The lowest BCUT2D eigenvalue weighted by Gasteiger charge is -2.08. The van der Waals surface area contributed by atoms with Crippen molar-refractivity contribution < 1.29 is 9.15 Å². The van der Waals surface area contributed by atoms with Gasteiger partial charge in [-0.05, 0) is 28.1 Å². The van der Waals surface area contributed by atoms with Crippen LogP contribution in [0.15, 0.2) is 62.2 Å². The summed E-state index contributed by atoms with van der Waals surface area (Å²) in [5, 5.41) is 0.504. The second-order valence-corrected chi connectivity index (χ2v) is 5.15. The lowest BCUT2D eigenvalue weighted by Crippen LogP contribution is -2.01. The number of hydrogen-bond acceptors (Lipinski definition) is 3. The smallest absolute Gasteiger partial charge is 0.193 e. The van der Waals surface area contributed by atoms with E-state index < -0.39 is 0 Å². The molecule has 0 bridgehead atoms. The van der Waals surface area contributed by atoms with Gasteiger partial charge in [0.1, 0.15) is 5.76 Å². The monoisotopic (exact) mass is 330 g/mol. The average molecular weight is 331 g/mol. The highest BCUT2D eigenvalue weighted by Crippen LogP contribution is 2.34. The molecule has 2 aromatic carbocycles. The first-order valence-corrected chi connectivity index (χ1v) is 6.86. The zero-order valence-corrected chi connectivity index (χ0v) is 12.3. The van der Waals surface area contributed by atoms with Crippen LogP contribution in [0.25, 0.3) is 22.3 Å². The molecule has 0 spiro atoms. The van der Waals surface area contributed by atoms with E-state index in [-0.39, 0.29) is 5.43 Å². The van der Waals surface area contributed by atoms with Gasteiger partial charge in [0.05, 0.1) is 17.0 Å². The van der Waals surface area contributed by atoms with Crippen molar-refractivity contribution in [2.75, 3.05) is 7.11 Å². The summed E-state index contributed by atoms with van der Waals surface area (Å²) in [6, 6.07) is 14.5. The summed E-state index contributed by atoms with van der Waals surface area (Å²) in [6.45, 7) is 0. The van der Waals surface area contributed by atoms with Crippen LogP contribution >= 0.6 is 15.9 Å². The normalized spacial score (nSPS) is 10.7. The molecule has 100 valence electrons. The number of ether oxygens (including phenoxy) is 1. The molecule has 0 saturated heterocycles. The molecule has 3 nitrogen and oxygen atoms in total. The van der Waals surface area contributed by atoms with Crippen LogP contribution in [0.2, 0.25) is 0 Å². The van der Waals surface area contributed by atoms with Crippen LogP contribution in [-0.2, 0) is 0 Å². The third-order valence-corrected chi connectivity index (χ3v) is 3.69. The lowest BCUT2D eigenvalue weighted by molar-refractivity contribution is 0.407. The Balaban J connectivity index is 2.36. The van der Waals surface area contributed by atoms with Gasteiger partial charge >= 0.3 is 0 Å². The van der Waals surface area contributed by atoms with Crippen LogP contribution in [0.4, 0.5) is 0 Å². The third kappa shape index (κ3) is 2.12. The minimum absolute atomic E-state index is 0.0871. The summed E-state index contributed by atoms with van der Waals surface area (Å²) in [7, 11) is 1.55. The van der Waals surface area contributed by atoms with Crippen molar-refractivity contribution in [3.05, 3.63) is 63.2 Å². The van der Waals surface area contributed by atoms with Gasteiger partial charge in [0.15, 0.2) is 16.8 Å². The Bertz CT molecular complexity index is 822. The zero-order chi connectivity index (χ0) is 14.1. The van der Waals surface area contributed by atoms with E-state index in [2.05, 4.69) is 15.9 Å². The molecule has 3 rings (SSSR count). The van der Waals surface area contributed by atoms with Crippen LogP contribution in [0, 0.1) is 0 Å². The van der Waals surface area contributed by atoms with E-state index in [4.69, 9.17) is 9.15 Å². The van der Waals surface area contributed by atoms with Gasteiger partial charge in [0.2, 0.25) is 0 Å². The highest BCUT2D eigenvalue weighted by atomic mass is 79.9. The number of fused-ring (bicyclic) bond motifs is 1. The molecule has 0 fully saturated rings. The Morgan fingerprint density at radius 2 is 1.85 bits per heavy atom.